The van der Waals surface area contributed by atoms with Crippen LogP contribution < -0.4 is 24.0 Å². The van der Waals surface area contributed by atoms with Gasteiger partial charge in [0, 0.05) is 0 Å². The quantitative estimate of drug-likeness (QED) is 0.331. The van der Waals surface area contributed by atoms with E-state index in [-0.39, 0.29) is 24.0 Å². The fourth-order valence-corrected chi connectivity index (χ4v) is 1.62. The average molecular weight is 267 g/mol. The van der Waals surface area contributed by atoms with E-state index in [2.05, 4.69) is 13.2 Å². The molecule has 0 aliphatic carbocycles. The fraction of sp³-hybridized carbons (Fsp3) is 1.00. The predicted octanol–water partition coefficient (Wildman–Crippen LogP) is -1.50. The van der Waals surface area contributed by atoms with Gasteiger partial charge in [0.25, 0.3) is 0 Å². The van der Waals surface area contributed by atoms with Crippen molar-refractivity contribution in [1.82, 2.24) is 0 Å². The molecule has 1 unspecified atom stereocenters. The van der Waals surface area contributed by atoms with Gasteiger partial charge in [0.15, 0.2) is 0 Å². The molecule has 0 spiro atoms. The first-order valence-corrected chi connectivity index (χ1v) is 4.97. The van der Waals surface area contributed by atoms with Gasteiger partial charge in [-0.1, -0.05) is 0 Å². The van der Waals surface area contributed by atoms with Crippen molar-refractivity contribution in [3.8, 4) is 0 Å². The SMILES string of the molecule is CC[S+](C)CCCl.[I-]. The van der Waals surface area contributed by atoms with E-state index in [1.807, 2.05) is 0 Å². The molecule has 0 bridgehead atoms. The van der Waals surface area contributed by atoms with Crippen LogP contribution in [0.5, 0.6) is 0 Å². The Morgan fingerprint density at radius 2 is 2.00 bits per heavy atom. The van der Waals surface area contributed by atoms with Crippen molar-refractivity contribution >= 4 is 22.5 Å². The smallest absolute Gasteiger partial charge is 0.121 e. The number of rotatable bonds is 3. The van der Waals surface area contributed by atoms with Crippen LogP contribution in [0.2, 0.25) is 0 Å². The second-order valence-electron chi connectivity index (χ2n) is 1.46. The van der Waals surface area contributed by atoms with E-state index in [4.69, 9.17) is 11.6 Å². The highest BCUT2D eigenvalue weighted by atomic mass is 127. The Bertz CT molecular complexity index is 43.4. The van der Waals surface area contributed by atoms with Crippen molar-refractivity contribution < 1.29 is 24.0 Å². The van der Waals surface area contributed by atoms with Gasteiger partial charge in [0.2, 0.25) is 0 Å². The van der Waals surface area contributed by atoms with Gasteiger partial charge in [0.1, 0.15) is 11.5 Å². The summed E-state index contributed by atoms with van der Waals surface area (Å²) >= 11 is 5.48. The third-order valence-corrected chi connectivity index (χ3v) is 3.22. The minimum atomic E-state index is 0. The Kier molecular flexibility index (Phi) is 12.6. The molecule has 0 rings (SSSR count). The van der Waals surface area contributed by atoms with E-state index in [9.17, 15) is 0 Å². The summed E-state index contributed by atoms with van der Waals surface area (Å²) in [4.78, 5) is 0. The monoisotopic (exact) mass is 266 g/mol. The molecule has 0 fully saturated rings. The van der Waals surface area contributed by atoms with Gasteiger partial charge in [0.05, 0.1) is 12.1 Å². The van der Waals surface area contributed by atoms with Crippen LogP contribution in [0.4, 0.5) is 0 Å². The summed E-state index contributed by atoms with van der Waals surface area (Å²) in [7, 11) is 0.591. The molecule has 0 amide bonds. The van der Waals surface area contributed by atoms with E-state index in [0.717, 1.165) is 5.88 Å². The molecule has 0 aromatic carbocycles. The first-order valence-electron chi connectivity index (χ1n) is 2.46. The van der Waals surface area contributed by atoms with E-state index < -0.39 is 0 Å². The van der Waals surface area contributed by atoms with Gasteiger partial charge in [-0.2, -0.15) is 0 Å². The van der Waals surface area contributed by atoms with Crippen molar-refractivity contribution in [2.45, 2.75) is 6.92 Å². The van der Waals surface area contributed by atoms with Gasteiger partial charge >= 0.3 is 0 Å². The third kappa shape index (κ3) is 7.37. The first-order chi connectivity index (χ1) is 3.31. The van der Waals surface area contributed by atoms with Crippen LogP contribution in [0, 0.1) is 0 Å². The summed E-state index contributed by atoms with van der Waals surface area (Å²) < 4.78 is 0. The maximum atomic E-state index is 5.48. The Hall–Kier alpha value is 1.37. The zero-order valence-electron chi connectivity index (χ0n) is 5.29. The predicted molar refractivity (Wildman–Crippen MR) is 39.4 cm³/mol. The standard InChI is InChI=1S/C5H12ClS.HI/c1-3-7(2)5-4-6;/h3-5H2,1-2H3;1H/q+1;/p-1. The number of hydrogen-bond donors (Lipinski definition) is 0. The molecule has 0 heterocycles. The van der Waals surface area contributed by atoms with E-state index in [1.54, 1.807) is 0 Å². The first kappa shape index (κ1) is 12.1. The van der Waals surface area contributed by atoms with E-state index in [1.165, 1.54) is 11.5 Å². The Morgan fingerprint density at radius 3 is 2.12 bits per heavy atom. The highest BCUT2D eigenvalue weighted by Gasteiger charge is 2.02. The molecule has 1 atom stereocenters. The van der Waals surface area contributed by atoms with Crippen molar-refractivity contribution in [2.75, 3.05) is 23.6 Å². The van der Waals surface area contributed by atoms with Crippen LogP contribution in [0.1, 0.15) is 6.92 Å². The maximum absolute atomic E-state index is 5.48. The molecule has 0 saturated carbocycles. The molecule has 8 heavy (non-hydrogen) atoms. The minimum absolute atomic E-state index is 0. The largest absolute Gasteiger partial charge is 1.00 e. The summed E-state index contributed by atoms with van der Waals surface area (Å²) in [5.74, 6) is 3.30. The van der Waals surface area contributed by atoms with Gasteiger partial charge in [-0.15, -0.1) is 11.6 Å². The fourth-order valence-electron chi connectivity index (χ4n) is 0.276. The van der Waals surface area contributed by atoms with Crippen molar-refractivity contribution in [2.24, 2.45) is 0 Å². The van der Waals surface area contributed by atoms with E-state index in [0.29, 0.717) is 10.9 Å². The number of alkyl halides is 1. The van der Waals surface area contributed by atoms with Crippen molar-refractivity contribution in [3.63, 3.8) is 0 Å². The summed E-state index contributed by atoms with van der Waals surface area (Å²) in [5, 5.41) is 0. The Balaban J connectivity index is 0. The molecule has 52 valence electrons. The lowest BCUT2D eigenvalue weighted by Crippen LogP contribution is -3.00. The van der Waals surface area contributed by atoms with Crippen LogP contribution in [-0.4, -0.2) is 23.6 Å². The summed E-state index contributed by atoms with van der Waals surface area (Å²) in [5.41, 5.74) is 0. The van der Waals surface area contributed by atoms with Gasteiger partial charge in [-0.05, 0) is 17.8 Å². The van der Waals surface area contributed by atoms with Crippen LogP contribution >= 0.6 is 11.6 Å². The van der Waals surface area contributed by atoms with Crippen LogP contribution in [0.15, 0.2) is 0 Å². The summed E-state index contributed by atoms with van der Waals surface area (Å²) in [6.45, 7) is 2.20. The second-order valence-corrected chi connectivity index (χ2v) is 4.39. The molecule has 0 radical (unpaired) electrons. The van der Waals surface area contributed by atoms with E-state index >= 15 is 0 Å². The highest BCUT2D eigenvalue weighted by Crippen LogP contribution is 1.90. The zero-order chi connectivity index (χ0) is 5.70. The highest BCUT2D eigenvalue weighted by molar-refractivity contribution is 7.96. The molecule has 0 aromatic rings. The Labute approximate surface area is 76.7 Å². The summed E-state index contributed by atoms with van der Waals surface area (Å²) in [6, 6.07) is 0. The normalized spacial score (nSPS) is 12.4. The maximum Gasteiger partial charge on any atom is 0.121 e. The van der Waals surface area contributed by atoms with Crippen molar-refractivity contribution in [3.05, 3.63) is 0 Å². The number of hydrogen-bond acceptors (Lipinski definition) is 0. The van der Waals surface area contributed by atoms with Crippen LogP contribution in [-0.2, 0) is 10.9 Å². The van der Waals surface area contributed by atoms with Gasteiger partial charge in [-0.3, -0.25) is 0 Å². The lowest BCUT2D eigenvalue weighted by atomic mass is 10.9. The molecule has 3 heteroatoms. The molecular formula is C5H12ClIS. The van der Waals surface area contributed by atoms with Crippen LogP contribution in [0.3, 0.4) is 0 Å². The summed E-state index contributed by atoms with van der Waals surface area (Å²) in [6.07, 6.45) is 2.25. The topological polar surface area (TPSA) is 0 Å². The third-order valence-electron chi connectivity index (χ3n) is 0.918. The molecule has 0 aliphatic rings. The zero-order valence-corrected chi connectivity index (χ0v) is 9.02. The lowest BCUT2D eigenvalue weighted by molar-refractivity contribution is -0.00000155. The molecule has 0 aromatic heterocycles. The Morgan fingerprint density at radius 1 is 1.50 bits per heavy atom. The molecule has 0 N–H and O–H groups in total. The minimum Gasteiger partial charge on any atom is -1.00 e. The molecule has 0 aliphatic heterocycles. The van der Waals surface area contributed by atoms with Crippen LogP contribution in [0.25, 0.3) is 0 Å². The average Bonchev–Trinajstić information content (AvgIpc) is 1.68. The lowest BCUT2D eigenvalue weighted by Gasteiger charge is -1.92. The molecule has 0 saturated heterocycles. The van der Waals surface area contributed by atoms with Crippen molar-refractivity contribution in [1.29, 1.82) is 0 Å². The second kappa shape index (κ2) is 8.37. The van der Waals surface area contributed by atoms with Gasteiger partial charge in [-0.25, -0.2) is 0 Å². The number of halogens is 2. The van der Waals surface area contributed by atoms with Gasteiger partial charge < -0.3 is 24.0 Å². The molecular weight excluding hydrogens is 254 g/mol. The molecule has 0 nitrogen and oxygen atoms in total.